The van der Waals surface area contributed by atoms with Crippen LogP contribution in [-0.4, -0.2) is 36.1 Å². The minimum Gasteiger partial charge on any atom is -0.505 e. The van der Waals surface area contributed by atoms with Crippen LogP contribution in [0, 0.1) is 0 Å². The first-order valence-corrected chi connectivity index (χ1v) is 9.78. The number of carbonyl (C=O) groups is 2. The Balaban J connectivity index is 2.17. The SMILES string of the molecule is NCCCCOc1c(Cl)cc(C(=O)N[C@@H](Cc2ccccc2)C(N)=O)c(O)c1Cl. The fourth-order valence-corrected chi connectivity index (χ4v) is 3.19. The lowest BCUT2D eigenvalue weighted by Crippen LogP contribution is -2.45. The van der Waals surface area contributed by atoms with Crippen molar-refractivity contribution < 1.29 is 19.4 Å². The van der Waals surface area contributed by atoms with Crippen LogP contribution in [0.4, 0.5) is 0 Å². The molecule has 0 heterocycles. The number of carbonyl (C=O) groups excluding carboxylic acids is 2. The fourth-order valence-electron chi connectivity index (χ4n) is 2.63. The number of hydrogen-bond acceptors (Lipinski definition) is 5. The molecule has 7 nitrogen and oxygen atoms in total. The summed E-state index contributed by atoms with van der Waals surface area (Å²) in [6, 6.07) is 9.34. The Morgan fingerprint density at radius 2 is 1.86 bits per heavy atom. The fraction of sp³-hybridized carbons (Fsp3) is 0.300. The van der Waals surface area contributed by atoms with E-state index in [0.29, 0.717) is 19.6 Å². The Morgan fingerprint density at radius 1 is 1.17 bits per heavy atom. The number of amides is 2. The first kappa shape index (κ1) is 22.8. The number of halogens is 2. The predicted molar refractivity (Wildman–Crippen MR) is 113 cm³/mol. The maximum absolute atomic E-state index is 12.6. The van der Waals surface area contributed by atoms with Crippen LogP contribution in [0.5, 0.6) is 11.5 Å². The van der Waals surface area contributed by atoms with Gasteiger partial charge in [0.2, 0.25) is 5.91 Å². The number of aromatic hydroxyl groups is 1. The van der Waals surface area contributed by atoms with Gasteiger partial charge in [0.25, 0.3) is 5.91 Å². The zero-order valence-electron chi connectivity index (χ0n) is 15.7. The Kier molecular flexibility index (Phi) is 8.57. The van der Waals surface area contributed by atoms with Gasteiger partial charge >= 0.3 is 0 Å². The lowest BCUT2D eigenvalue weighted by molar-refractivity contribution is -0.119. The highest BCUT2D eigenvalue weighted by Gasteiger charge is 2.25. The standard InChI is InChI=1S/C20H23Cl2N3O4/c21-14-11-13(17(26)16(22)18(14)29-9-5-4-8-23)20(28)25-15(19(24)27)10-12-6-2-1-3-7-12/h1-3,6-7,11,15,26H,4-5,8-10,23H2,(H2,24,27)(H,25,28)/t15-/m0/s1. The van der Waals surface area contributed by atoms with E-state index in [0.717, 1.165) is 12.0 Å². The van der Waals surface area contributed by atoms with Gasteiger partial charge in [-0.05, 0) is 31.0 Å². The van der Waals surface area contributed by atoms with Gasteiger partial charge in [-0.2, -0.15) is 0 Å². The predicted octanol–water partition coefficient (Wildman–Crippen LogP) is 2.64. The number of phenolic OH excluding ortho intramolecular Hbond substituents is 1. The van der Waals surface area contributed by atoms with Gasteiger partial charge in [-0.15, -0.1) is 0 Å². The van der Waals surface area contributed by atoms with Gasteiger partial charge in [-0.1, -0.05) is 53.5 Å². The molecule has 29 heavy (non-hydrogen) atoms. The molecule has 0 fully saturated rings. The molecule has 0 aromatic heterocycles. The summed E-state index contributed by atoms with van der Waals surface area (Å²) in [6.45, 7) is 0.835. The summed E-state index contributed by atoms with van der Waals surface area (Å²) in [6.07, 6.45) is 1.65. The van der Waals surface area contributed by atoms with E-state index in [2.05, 4.69) is 5.32 Å². The van der Waals surface area contributed by atoms with Crippen molar-refractivity contribution in [2.45, 2.75) is 25.3 Å². The summed E-state index contributed by atoms with van der Waals surface area (Å²) in [5.74, 6) is -1.86. The number of ether oxygens (including phenoxy) is 1. The van der Waals surface area contributed by atoms with Crippen LogP contribution in [0.25, 0.3) is 0 Å². The first-order chi connectivity index (χ1) is 13.8. The molecular weight excluding hydrogens is 417 g/mol. The van der Waals surface area contributed by atoms with E-state index < -0.39 is 23.6 Å². The van der Waals surface area contributed by atoms with Crippen LogP contribution in [0.2, 0.25) is 10.0 Å². The Morgan fingerprint density at radius 3 is 2.48 bits per heavy atom. The molecule has 9 heteroatoms. The number of hydrogen-bond donors (Lipinski definition) is 4. The second-order valence-corrected chi connectivity index (χ2v) is 7.15. The summed E-state index contributed by atoms with van der Waals surface area (Å²) in [5, 5.41) is 12.7. The van der Waals surface area contributed by atoms with E-state index in [1.54, 1.807) is 0 Å². The van der Waals surface area contributed by atoms with Gasteiger partial charge in [-0.25, -0.2) is 0 Å². The maximum Gasteiger partial charge on any atom is 0.255 e. The summed E-state index contributed by atoms with van der Waals surface area (Å²) in [7, 11) is 0. The van der Waals surface area contributed by atoms with Crippen LogP contribution in [0.1, 0.15) is 28.8 Å². The zero-order valence-corrected chi connectivity index (χ0v) is 17.2. The van der Waals surface area contributed by atoms with Gasteiger partial charge < -0.3 is 26.6 Å². The summed E-state index contributed by atoms with van der Waals surface area (Å²) in [4.78, 5) is 24.4. The van der Waals surface area contributed by atoms with Crippen LogP contribution < -0.4 is 21.5 Å². The topological polar surface area (TPSA) is 128 Å². The summed E-state index contributed by atoms with van der Waals surface area (Å²) >= 11 is 12.3. The van der Waals surface area contributed by atoms with Crippen LogP contribution in [0.3, 0.4) is 0 Å². The lowest BCUT2D eigenvalue weighted by Gasteiger charge is -2.18. The summed E-state index contributed by atoms with van der Waals surface area (Å²) < 4.78 is 5.50. The molecule has 6 N–H and O–H groups in total. The van der Waals surface area contributed by atoms with E-state index in [-0.39, 0.29) is 27.8 Å². The van der Waals surface area contributed by atoms with Crippen LogP contribution in [0.15, 0.2) is 36.4 Å². The third kappa shape index (κ3) is 6.25. The molecular formula is C20H23Cl2N3O4. The number of benzene rings is 2. The van der Waals surface area contributed by atoms with Crippen molar-refractivity contribution in [1.82, 2.24) is 5.32 Å². The molecule has 2 aromatic rings. The molecule has 1 atom stereocenters. The second kappa shape index (κ2) is 10.9. The summed E-state index contributed by atoms with van der Waals surface area (Å²) in [5.41, 5.74) is 11.5. The van der Waals surface area contributed by atoms with Crippen molar-refractivity contribution in [3.63, 3.8) is 0 Å². The minimum absolute atomic E-state index is 0.0596. The van der Waals surface area contributed by atoms with Crippen molar-refractivity contribution in [3.05, 3.63) is 57.6 Å². The third-order valence-corrected chi connectivity index (χ3v) is 4.80. The maximum atomic E-state index is 12.6. The van der Waals surface area contributed by atoms with Crippen molar-refractivity contribution in [1.29, 1.82) is 0 Å². The first-order valence-electron chi connectivity index (χ1n) is 9.03. The van der Waals surface area contributed by atoms with Gasteiger partial charge in [-0.3, -0.25) is 9.59 Å². The quantitative estimate of drug-likeness (QED) is 0.423. The molecule has 2 aromatic carbocycles. The van der Waals surface area contributed by atoms with E-state index >= 15 is 0 Å². The number of unbranched alkanes of at least 4 members (excludes halogenated alkanes) is 1. The van der Waals surface area contributed by atoms with Crippen molar-refractivity contribution in [3.8, 4) is 11.5 Å². The van der Waals surface area contributed by atoms with Crippen molar-refractivity contribution >= 4 is 35.0 Å². The zero-order chi connectivity index (χ0) is 21.4. The molecule has 0 aliphatic carbocycles. The molecule has 0 spiro atoms. The average molecular weight is 440 g/mol. The number of phenols is 1. The number of nitrogens with one attached hydrogen (secondary N) is 1. The lowest BCUT2D eigenvalue weighted by atomic mass is 10.0. The molecule has 156 valence electrons. The number of rotatable bonds is 10. The van der Waals surface area contributed by atoms with Gasteiger partial charge in [0, 0.05) is 6.42 Å². The van der Waals surface area contributed by atoms with Gasteiger partial charge in [0.15, 0.2) is 11.5 Å². The van der Waals surface area contributed by atoms with Gasteiger partial charge in [0.05, 0.1) is 17.2 Å². The third-order valence-electron chi connectivity index (χ3n) is 4.17. The normalized spacial score (nSPS) is 11.7. The molecule has 0 aliphatic rings. The number of nitrogens with two attached hydrogens (primary N) is 2. The number of primary amides is 1. The van der Waals surface area contributed by atoms with E-state index in [9.17, 15) is 14.7 Å². The molecule has 0 radical (unpaired) electrons. The largest absolute Gasteiger partial charge is 0.505 e. The highest BCUT2D eigenvalue weighted by atomic mass is 35.5. The molecule has 0 bridgehead atoms. The molecule has 0 unspecified atom stereocenters. The highest BCUT2D eigenvalue weighted by molar-refractivity contribution is 6.39. The average Bonchev–Trinajstić information content (AvgIpc) is 2.70. The molecule has 0 aliphatic heterocycles. The molecule has 0 saturated carbocycles. The van der Waals surface area contributed by atoms with Crippen LogP contribution >= 0.6 is 23.2 Å². The highest BCUT2D eigenvalue weighted by Crippen LogP contribution is 2.42. The van der Waals surface area contributed by atoms with E-state index in [1.807, 2.05) is 30.3 Å². The Bertz CT molecular complexity index is 863. The molecule has 2 amide bonds. The smallest absolute Gasteiger partial charge is 0.255 e. The van der Waals surface area contributed by atoms with Crippen LogP contribution in [-0.2, 0) is 11.2 Å². The second-order valence-electron chi connectivity index (χ2n) is 6.36. The monoisotopic (exact) mass is 439 g/mol. The Labute approximate surface area is 178 Å². The van der Waals surface area contributed by atoms with E-state index in [4.69, 9.17) is 39.4 Å². The Hall–Kier alpha value is -2.48. The van der Waals surface area contributed by atoms with Crippen molar-refractivity contribution in [2.75, 3.05) is 13.2 Å². The minimum atomic E-state index is -0.978. The molecule has 0 saturated heterocycles. The van der Waals surface area contributed by atoms with E-state index in [1.165, 1.54) is 6.07 Å². The van der Waals surface area contributed by atoms with Gasteiger partial charge in [0.1, 0.15) is 11.1 Å². The van der Waals surface area contributed by atoms with Crippen molar-refractivity contribution in [2.24, 2.45) is 11.5 Å². The molecule has 2 rings (SSSR count).